The molecule has 2 saturated carbocycles. The zero-order valence-corrected chi connectivity index (χ0v) is 19.0. The SMILES string of the molecule is C[C@H](NS(=O)CC(c1ccccc1)c1ccccc1C1CC1)C1CCC(CN)CC1. The van der Waals surface area contributed by atoms with Crippen molar-refractivity contribution < 1.29 is 4.21 Å². The highest BCUT2D eigenvalue weighted by Gasteiger charge is 2.30. The van der Waals surface area contributed by atoms with Gasteiger partial charge in [0.25, 0.3) is 0 Å². The van der Waals surface area contributed by atoms with Crippen LogP contribution in [0.4, 0.5) is 0 Å². The van der Waals surface area contributed by atoms with Gasteiger partial charge in [0, 0.05) is 17.7 Å². The van der Waals surface area contributed by atoms with Crippen molar-refractivity contribution in [3.63, 3.8) is 0 Å². The summed E-state index contributed by atoms with van der Waals surface area (Å²) >= 11 is 0. The molecule has 0 radical (unpaired) electrons. The van der Waals surface area contributed by atoms with Crippen molar-refractivity contribution >= 4 is 11.0 Å². The van der Waals surface area contributed by atoms with Gasteiger partial charge in [0.1, 0.15) is 0 Å². The third-order valence-corrected chi connectivity index (χ3v) is 8.43. The number of hydrogen-bond acceptors (Lipinski definition) is 2. The first-order valence-corrected chi connectivity index (χ1v) is 13.0. The molecule has 0 amide bonds. The summed E-state index contributed by atoms with van der Waals surface area (Å²) < 4.78 is 16.7. The van der Waals surface area contributed by atoms with E-state index in [1.165, 1.54) is 55.2 Å². The van der Waals surface area contributed by atoms with Crippen molar-refractivity contribution in [3.05, 3.63) is 71.3 Å². The lowest BCUT2D eigenvalue weighted by Crippen LogP contribution is -2.39. The Morgan fingerprint density at radius 3 is 2.30 bits per heavy atom. The molecular weight excluding hydrogens is 388 g/mol. The molecule has 0 saturated heterocycles. The van der Waals surface area contributed by atoms with Crippen LogP contribution < -0.4 is 10.5 Å². The van der Waals surface area contributed by atoms with E-state index in [4.69, 9.17) is 5.73 Å². The van der Waals surface area contributed by atoms with Crippen LogP contribution in [0.1, 0.15) is 74.0 Å². The van der Waals surface area contributed by atoms with Crippen LogP contribution in [0.5, 0.6) is 0 Å². The van der Waals surface area contributed by atoms with E-state index in [0.29, 0.717) is 23.5 Å². The molecule has 3 atom stereocenters. The summed E-state index contributed by atoms with van der Waals surface area (Å²) in [6.07, 6.45) is 7.37. The van der Waals surface area contributed by atoms with Gasteiger partial charge >= 0.3 is 0 Å². The summed E-state index contributed by atoms with van der Waals surface area (Å²) in [6, 6.07) is 19.7. The van der Waals surface area contributed by atoms with Crippen LogP contribution in [0.25, 0.3) is 0 Å². The molecule has 4 rings (SSSR count). The minimum atomic E-state index is -1.07. The van der Waals surface area contributed by atoms with Crippen LogP contribution in [0.2, 0.25) is 0 Å². The van der Waals surface area contributed by atoms with Gasteiger partial charge in [-0.1, -0.05) is 54.6 Å². The van der Waals surface area contributed by atoms with Gasteiger partial charge in [-0.3, -0.25) is 0 Å². The normalized spacial score (nSPS) is 24.9. The molecule has 0 bridgehead atoms. The Bertz CT molecular complexity index is 828. The van der Waals surface area contributed by atoms with E-state index in [9.17, 15) is 4.21 Å². The zero-order valence-electron chi connectivity index (χ0n) is 18.1. The summed E-state index contributed by atoms with van der Waals surface area (Å²) in [5.41, 5.74) is 9.92. The first kappa shape index (κ1) is 21.7. The van der Waals surface area contributed by atoms with E-state index in [1.807, 2.05) is 0 Å². The zero-order chi connectivity index (χ0) is 20.9. The second-order valence-corrected chi connectivity index (χ2v) is 10.6. The van der Waals surface area contributed by atoms with E-state index in [-0.39, 0.29) is 12.0 Å². The molecule has 0 aliphatic heterocycles. The lowest BCUT2D eigenvalue weighted by atomic mass is 9.79. The maximum atomic E-state index is 13.3. The summed E-state index contributed by atoms with van der Waals surface area (Å²) in [5, 5.41) is 0. The molecule has 2 aromatic carbocycles. The summed E-state index contributed by atoms with van der Waals surface area (Å²) in [7, 11) is -1.07. The van der Waals surface area contributed by atoms with Gasteiger partial charge in [-0.25, -0.2) is 8.93 Å². The van der Waals surface area contributed by atoms with E-state index in [0.717, 1.165) is 6.54 Å². The summed E-state index contributed by atoms with van der Waals surface area (Å²) in [4.78, 5) is 0. The lowest BCUT2D eigenvalue weighted by Gasteiger charge is -2.32. The van der Waals surface area contributed by atoms with Crippen molar-refractivity contribution in [2.45, 2.75) is 63.3 Å². The van der Waals surface area contributed by atoms with E-state index in [1.54, 1.807) is 0 Å². The fourth-order valence-electron chi connectivity index (χ4n) is 5.07. The van der Waals surface area contributed by atoms with Gasteiger partial charge < -0.3 is 5.73 Å². The number of rotatable bonds is 9. The second kappa shape index (κ2) is 10.2. The van der Waals surface area contributed by atoms with Gasteiger partial charge in [-0.15, -0.1) is 0 Å². The van der Waals surface area contributed by atoms with Crippen LogP contribution in [-0.2, 0) is 11.0 Å². The highest BCUT2D eigenvalue weighted by molar-refractivity contribution is 7.83. The van der Waals surface area contributed by atoms with Crippen LogP contribution in [0, 0.1) is 11.8 Å². The highest BCUT2D eigenvalue weighted by Crippen LogP contribution is 2.44. The predicted octanol–water partition coefficient (Wildman–Crippen LogP) is 5.10. The van der Waals surface area contributed by atoms with Crippen molar-refractivity contribution in [1.29, 1.82) is 0 Å². The van der Waals surface area contributed by atoms with E-state index >= 15 is 0 Å². The highest BCUT2D eigenvalue weighted by atomic mass is 32.2. The standard InChI is InChI=1S/C26H36N2OS/c1-19(21-13-11-20(17-27)12-14-21)28-30(29)18-26(22-7-3-2-4-8-22)25-10-6-5-9-24(25)23-15-16-23/h2-10,19-21,23,26,28H,11-18,27H2,1H3/t19-,20?,21?,26?,30?/m0/s1. The molecule has 0 spiro atoms. The number of nitrogens with two attached hydrogens (primary N) is 1. The molecule has 0 aromatic heterocycles. The first-order valence-electron chi connectivity index (χ1n) is 11.6. The average Bonchev–Trinajstić information content (AvgIpc) is 3.63. The molecule has 30 heavy (non-hydrogen) atoms. The van der Waals surface area contributed by atoms with Crippen LogP contribution in [0.15, 0.2) is 54.6 Å². The van der Waals surface area contributed by atoms with Crippen LogP contribution in [0.3, 0.4) is 0 Å². The summed E-state index contributed by atoms with van der Waals surface area (Å²) in [6.45, 7) is 3.01. The molecule has 2 aliphatic rings. The van der Waals surface area contributed by atoms with Gasteiger partial charge in [-0.2, -0.15) is 0 Å². The van der Waals surface area contributed by atoms with E-state index < -0.39 is 11.0 Å². The molecule has 2 aliphatic carbocycles. The lowest BCUT2D eigenvalue weighted by molar-refractivity contribution is 0.247. The molecule has 2 unspecified atom stereocenters. The molecule has 3 N–H and O–H groups in total. The van der Waals surface area contributed by atoms with Gasteiger partial charge in [0.05, 0.1) is 11.0 Å². The fraction of sp³-hybridized carbons (Fsp3) is 0.538. The smallest absolute Gasteiger partial charge is 0.0927 e. The van der Waals surface area contributed by atoms with Crippen molar-refractivity contribution in [3.8, 4) is 0 Å². The van der Waals surface area contributed by atoms with Gasteiger partial charge in [-0.05, 0) is 86.4 Å². The average molecular weight is 425 g/mol. The Balaban J connectivity index is 1.47. The first-order chi connectivity index (χ1) is 14.7. The van der Waals surface area contributed by atoms with Crippen molar-refractivity contribution in [1.82, 2.24) is 4.72 Å². The number of benzene rings is 2. The topological polar surface area (TPSA) is 55.1 Å². The number of hydrogen-bond donors (Lipinski definition) is 2. The summed E-state index contributed by atoms with van der Waals surface area (Å²) in [5.74, 6) is 2.75. The van der Waals surface area contributed by atoms with Crippen molar-refractivity contribution in [2.24, 2.45) is 17.6 Å². The minimum absolute atomic E-state index is 0.163. The molecule has 2 aromatic rings. The predicted molar refractivity (Wildman–Crippen MR) is 127 cm³/mol. The Morgan fingerprint density at radius 1 is 0.967 bits per heavy atom. The second-order valence-electron chi connectivity index (χ2n) is 9.30. The third kappa shape index (κ3) is 5.40. The monoisotopic (exact) mass is 424 g/mol. The quantitative estimate of drug-likeness (QED) is 0.588. The van der Waals surface area contributed by atoms with Gasteiger partial charge in [0.2, 0.25) is 0 Å². The maximum absolute atomic E-state index is 13.3. The Morgan fingerprint density at radius 2 is 1.63 bits per heavy atom. The molecule has 0 heterocycles. The third-order valence-electron chi connectivity index (χ3n) is 7.16. The Hall–Kier alpha value is -1.49. The van der Waals surface area contributed by atoms with E-state index in [2.05, 4.69) is 66.2 Å². The van der Waals surface area contributed by atoms with Gasteiger partial charge in [0.15, 0.2) is 0 Å². The number of nitrogens with one attached hydrogen (secondary N) is 1. The van der Waals surface area contributed by atoms with Crippen molar-refractivity contribution in [2.75, 3.05) is 12.3 Å². The molecule has 2 fully saturated rings. The molecule has 162 valence electrons. The minimum Gasteiger partial charge on any atom is -0.330 e. The molecule has 3 nitrogen and oxygen atoms in total. The maximum Gasteiger partial charge on any atom is 0.0927 e. The van der Waals surface area contributed by atoms with Crippen LogP contribution in [-0.4, -0.2) is 22.5 Å². The fourth-order valence-corrected chi connectivity index (χ4v) is 6.45. The Kier molecular flexibility index (Phi) is 7.40. The molecule has 4 heteroatoms. The largest absolute Gasteiger partial charge is 0.330 e. The Labute approximate surface area is 184 Å². The molecular formula is C26H36N2OS. The van der Waals surface area contributed by atoms with Crippen LogP contribution >= 0.6 is 0 Å².